The second-order valence-corrected chi connectivity index (χ2v) is 6.36. The van der Waals surface area contributed by atoms with Gasteiger partial charge >= 0.3 is 5.97 Å². The molecule has 1 heterocycles. The molecule has 18 heavy (non-hydrogen) atoms. The molecule has 0 aromatic carbocycles. The first-order valence-electron chi connectivity index (χ1n) is 6.22. The van der Waals surface area contributed by atoms with Crippen molar-refractivity contribution in [2.24, 2.45) is 0 Å². The maximum Gasteiger partial charge on any atom is 0.317 e. The van der Waals surface area contributed by atoms with Gasteiger partial charge in [0.25, 0.3) is 0 Å². The number of carboxylic acid groups (broad SMARTS) is 1. The number of aliphatic carboxylic acids is 1. The van der Waals surface area contributed by atoms with Crippen LogP contribution in [0.3, 0.4) is 0 Å². The van der Waals surface area contributed by atoms with E-state index in [4.69, 9.17) is 5.11 Å². The molecule has 102 valence electrons. The highest BCUT2D eigenvalue weighted by molar-refractivity contribution is 7.09. The summed E-state index contributed by atoms with van der Waals surface area (Å²) >= 11 is 1.65. The van der Waals surface area contributed by atoms with E-state index in [1.54, 1.807) is 11.3 Å². The largest absolute Gasteiger partial charge is 0.480 e. The summed E-state index contributed by atoms with van der Waals surface area (Å²) in [5.74, 6) is -0.783. The molecule has 5 heteroatoms. The van der Waals surface area contributed by atoms with Crippen LogP contribution in [0, 0.1) is 0 Å². The third-order valence-electron chi connectivity index (χ3n) is 2.48. The maximum absolute atomic E-state index is 10.8. The number of rotatable bonds is 6. The summed E-state index contributed by atoms with van der Waals surface area (Å²) in [6.45, 7) is 9.94. The predicted octanol–water partition coefficient (Wildman–Crippen LogP) is 2.74. The minimum absolute atomic E-state index is 0.0608. The minimum atomic E-state index is -0.783. The van der Waals surface area contributed by atoms with Gasteiger partial charge in [0.05, 0.1) is 17.2 Å². The number of aromatic nitrogens is 1. The Labute approximate surface area is 113 Å². The van der Waals surface area contributed by atoms with Gasteiger partial charge in [0, 0.05) is 17.3 Å². The van der Waals surface area contributed by atoms with Gasteiger partial charge in [0.2, 0.25) is 0 Å². The first-order valence-corrected chi connectivity index (χ1v) is 7.10. The van der Waals surface area contributed by atoms with Gasteiger partial charge in [-0.3, -0.25) is 9.69 Å². The SMILES string of the molecule is CCCN(CC(=O)O)Cc1csc(C(C)(C)C)n1. The molecule has 0 bridgehead atoms. The fraction of sp³-hybridized carbons (Fsp3) is 0.692. The molecule has 0 amide bonds. The van der Waals surface area contributed by atoms with Crippen molar-refractivity contribution in [2.75, 3.05) is 13.1 Å². The lowest BCUT2D eigenvalue weighted by Crippen LogP contribution is -2.30. The van der Waals surface area contributed by atoms with Gasteiger partial charge in [0.1, 0.15) is 0 Å². The molecule has 0 radical (unpaired) electrons. The molecule has 0 atom stereocenters. The number of carbonyl (C=O) groups is 1. The van der Waals surface area contributed by atoms with Crippen molar-refractivity contribution in [3.8, 4) is 0 Å². The average Bonchev–Trinajstić information content (AvgIpc) is 2.64. The Hall–Kier alpha value is -0.940. The smallest absolute Gasteiger partial charge is 0.317 e. The summed E-state index contributed by atoms with van der Waals surface area (Å²) in [5.41, 5.74) is 1.03. The number of hydrogen-bond donors (Lipinski definition) is 1. The van der Waals surface area contributed by atoms with Gasteiger partial charge in [-0.2, -0.15) is 0 Å². The first-order chi connectivity index (χ1) is 8.32. The van der Waals surface area contributed by atoms with E-state index in [0.29, 0.717) is 6.54 Å². The molecule has 1 aromatic heterocycles. The molecule has 0 unspecified atom stereocenters. The zero-order valence-electron chi connectivity index (χ0n) is 11.6. The third-order valence-corrected chi connectivity index (χ3v) is 3.79. The zero-order chi connectivity index (χ0) is 13.8. The van der Waals surface area contributed by atoms with Gasteiger partial charge < -0.3 is 5.11 Å². The van der Waals surface area contributed by atoms with Crippen LogP contribution in [0.4, 0.5) is 0 Å². The summed E-state index contributed by atoms with van der Waals surface area (Å²) < 4.78 is 0. The Balaban J connectivity index is 2.69. The maximum atomic E-state index is 10.8. The van der Waals surface area contributed by atoms with Crippen LogP contribution in [0.15, 0.2) is 5.38 Å². The molecule has 0 aliphatic rings. The molecule has 4 nitrogen and oxygen atoms in total. The van der Waals surface area contributed by atoms with E-state index in [9.17, 15) is 4.79 Å². The van der Waals surface area contributed by atoms with Gasteiger partial charge in [-0.15, -0.1) is 11.3 Å². The van der Waals surface area contributed by atoms with Gasteiger partial charge in [-0.25, -0.2) is 4.98 Å². The van der Waals surface area contributed by atoms with Crippen LogP contribution in [0.5, 0.6) is 0 Å². The van der Waals surface area contributed by atoms with Crippen LogP contribution in [-0.2, 0) is 16.8 Å². The topological polar surface area (TPSA) is 53.4 Å². The molecular weight excluding hydrogens is 248 g/mol. The van der Waals surface area contributed by atoms with Crippen LogP contribution in [-0.4, -0.2) is 34.0 Å². The lowest BCUT2D eigenvalue weighted by Gasteiger charge is -2.18. The van der Waals surface area contributed by atoms with Crippen molar-refractivity contribution in [2.45, 2.75) is 46.1 Å². The van der Waals surface area contributed by atoms with Crippen LogP contribution < -0.4 is 0 Å². The molecule has 1 rings (SSSR count). The molecule has 0 spiro atoms. The average molecular weight is 270 g/mol. The Kier molecular flexibility index (Phi) is 5.28. The third kappa shape index (κ3) is 4.74. The number of thiazole rings is 1. The minimum Gasteiger partial charge on any atom is -0.480 e. The first kappa shape index (κ1) is 15.1. The van der Waals surface area contributed by atoms with E-state index in [2.05, 4.69) is 32.7 Å². The standard InChI is InChI=1S/C13H22N2O2S/c1-5-6-15(8-11(16)17)7-10-9-18-12(14-10)13(2,3)4/h9H,5-8H2,1-4H3,(H,16,17). The highest BCUT2D eigenvalue weighted by atomic mass is 32.1. The summed E-state index contributed by atoms with van der Waals surface area (Å²) in [5, 5.41) is 12.0. The van der Waals surface area contributed by atoms with Crippen LogP contribution in [0.25, 0.3) is 0 Å². The Morgan fingerprint density at radius 2 is 2.17 bits per heavy atom. The van der Waals surface area contributed by atoms with E-state index in [1.807, 2.05) is 10.3 Å². The van der Waals surface area contributed by atoms with E-state index < -0.39 is 5.97 Å². The molecule has 1 aromatic rings. The molecule has 0 aliphatic heterocycles. The highest BCUT2D eigenvalue weighted by Gasteiger charge is 2.19. The Morgan fingerprint density at radius 1 is 1.50 bits per heavy atom. The van der Waals surface area contributed by atoms with Crippen molar-refractivity contribution < 1.29 is 9.90 Å². The van der Waals surface area contributed by atoms with E-state index >= 15 is 0 Å². The summed E-state index contributed by atoms with van der Waals surface area (Å²) in [7, 11) is 0. The van der Waals surface area contributed by atoms with Crippen molar-refractivity contribution in [3.05, 3.63) is 16.1 Å². The number of hydrogen-bond acceptors (Lipinski definition) is 4. The highest BCUT2D eigenvalue weighted by Crippen LogP contribution is 2.25. The molecule has 0 fully saturated rings. The van der Waals surface area contributed by atoms with Gasteiger partial charge in [-0.1, -0.05) is 27.7 Å². The van der Waals surface area contributed by atoms with E-state index in [1.165, 1.54) is 0 Å². The fourth-order valence-corrected chi connectivity index (χ4v) is 2.57. The number of nitrogens with zero attached hydrogens (tertiary/aromatic N) is 2. The van der Waals surface area contributed by atoms with Crippen molar-refractivity contribution >= 4 is 17.3 Å². The Bertz CT molecular complexity index is 396. The van der Waals surface area contributed by atoms with Crippen LogP contribution >= 0.6 is 11.3 Å². The summed E-state index contributed by atoms with van der Waals surface area (Å²) in [6.07, 6.45) is 0.948. The quantitative estimate of drug-likeness (QED) is 0.863. The normalized spacial score (nSPS) is 12.1. The van der Waals surface area contributed by atoms with Crippen molar-refractivity contribution in [3.63, 3.8) is 0 Å². The van der Waals surface area contributed by atoms with E-state index in [-0.39, 0.29) is 12.0 Å². The summed E-state index contributed by atoms with van der Waals surface area (Å²) in [6, 6.07) is 0. The molecule has 0 aliphatic carbocycles. The molecule has 0 saturated carbocycles. The monoisotopic (exact) mass is 270 g/mol. The van der Waals surface area contributed by atoms with Crippen molar-refractivity contribution in [1.82, 2.24) is 9.88 Å². The molecular formula is C13H22N2O2S. The second kappa shape index (κ2) is 6.29. The lowest BCUT2D eigenvalue weighted by molar-refractivity contribution is -0.138. The van der Waals surface area contributed by atoms with Crippen LogP contribution in [0.1, 0.15) is 44.8 Å². The zero-order valence-corrected chi connectivity index (χ0v) is 12.4. The van der Waals surface area contributed by atoms with Crippen molar-refractivity contribution in [1.29, 1.82) is 0 Å². The summed E-state index contributed by atoms with van der Waals surface area (Å²) in [4.78, 5) is 17.3. The van der Waals surface area contributed by atoms with Crippen LogP contribution in [0.2, 0.25) is 0 Å². The number of carboxylic acids is 1. The molecule has 0 saturated heterocycles. The Morgan fingerprint density at radius 3 is 2.61 bits per heavy atom. The predicted molar refractivity (Wildman–Crippen MR) is 74.0 cm³/mol. The van der Waals surface area contributed by atoms with E-state index in [0.717, 1.165) is 23.7 Å². The van der Waals surface area contributed by atoms with Gasteiger partial charge in [0.15, 0.2) is 0 Å². The fourth-order valence-electron chi connectivity index (χ4n) is 1.67. The van der Waals surface area contributed by atoms with Gasteiger partial charge in [-0.05, 0) is 13.0 Å². The second-order valence-electron chi connectivity index (χ2n) is 5.50. The molecule has 1 N–H and O–H groups in total. The lowest BCUT2D eigenvalue weighted by atomic mass is 9.98.